The lowest BCUT2D eigenvalue weighted by molar-refractivity contribution is -0.154. The van der Waals surface area contributed by atoms with Gasteiger partial charge in [0.1, 0.15) is 0 Å². The van der Waals surface area contributed by atoms with Crippen molar-refractivity contribution in [3.8, 4) is 5.88 Å². The fourth-order valence-electron chi connectivity index (χ4n) is 3.27. The van der Waals surface area contributed by atoms with Gasteiger partial charge in [0.05, 0.1) is 29.6 Å². The number of nitrogens with one attached hydrogen (secondary N) is 1. The van der Waals surface area contributed by atoms with Gasteiger partial charge in [0.2, 0.25) is 11.8 Å². The second kappa shape index (κ2) is 7.89. The Hall–Kier alpha value is -3.23. The Morgan fingerprint density at radius 1 is 1.20 bits per heavy atom. The maximum absolute atomic E-state index is 12.6. The van der Waals surface area contributed by atoms with Crippen molar-refractivity contribution in [3.05, 3.63) is 60.2 Å². The van der Waals surface area contributed by atoms with E-state index in [4.69, 9.17) is 0 Å². The van der Waals surface area contributed by atoms with Gasteiger partial charge in [-0.15, -0.1) is 0 Å². The average Bonchev–Trinajstić information content (AvgIpc) is 3.53. The van der Waals surface area contributed by atoms with E-state index >= 15 is 0 Å². The largest absolute Gasteiger partial charge is 0.467 e. The molecule has 3 atom stereocenters. The lowest BCUT2D eigenvalue weighted by Gasteiger charge is -2.14. The molecule has 1 aliphatic carbocycles. The smallest absolute Gasteiger partial charge is 0.422 e. The molecule has 0 unspecified atom stereocenters. The molecule has 1 N–H and O–H groups in total. The van der Waals surface area contributed by atoms with Crippen LogP contribution in [0.3, 0.4) is 0 Å². The quantitative estimate of drug-likeness (QED) is 0.659. The van der Waals surface area contributed by atoms with Crippen molar-refractivity contribution in [1.29, 1.82) is 0 Å². The first-order valence-corrected chi connectivity index (χ1v) is 9.48. The first-order chi connectivity index (χ1) is 14.3. The van der Waals surface area contributed by atoms with Gasteiger partial charge < -0.3 is 10.1 Å². The molecule has 1 saturated carbocycles. The summed E-state index contributed by atoms with van der Waals surface area (Å²) in [5.41, 5.74) is 2.23. The van der Waals surface area contributed by atoms with E-state index in [0.717, 1.165) is 29.2 Å². The zero-order valence-corrected chi connectivity index (χ0v) is 16.1. The Morgan fingerprint density at radius 2 is 2.00 bits per heavy atom. The number of pyridine rings is 1. The van der Waals surface area contributed by atoms with Crippen LogP contribution < -0.4 is 10.1 Å². The minimum Gasteiger partial charge on any atom is -0.467 e. The van der Waals surface area contributed by atoms with Crippen LogP contribution >= 0.6 is 0 Å². The molecule has 3 aromatic rings. The lowest BCUT2D eigenvalue weighted by Crippen LogP contribution is -2.29. The van der Waals surface area contributed by atoms with Crippen molar-refractivity contribution >= 4 is 16.8 Å². The van der Waals surface area contributed by atoms with Gasteiger partial charge in [0.15, 0.2) is 6.61 Å². The molecule has 4 rings (SSSR count). The zero-order valence-electron chi connectivity index (χ0n) is 16.1. The summed E-state index contributed by atoms with van der Waals surface area (Å²) < 4.78 is 41.1. The highest BCUT2D eigenvalue weighted by Crippen LogP contribution is 2.47. The van der Waals surface area contributed by atoms with Crippen LogP contribution in [-0.4, -0.2) is 33.6 Å². The Kier molecular flexibility index (Phi) is 5.27. The van der Waals surface area contributed by atoms with Crippen LogP contribution in [0, 0.1) is 5.92 Å². The Morgan fingerprint density at radius 3 is 2.73 bits per heavy atom. The number of hydrogen-bond donors (Lipinski definition) is 1. The van der Waals surface area contributed by atoms with Gasteiger partial charge in [-0.05, 0) is 25.5 Å². The maximum Gasteiger partial charge on any atom is 0.422 e. The number of ether oxygens (including phenoxy) is 1. The highest BCUT2D eigenvalue weighted by Gasteiger charge is 2.45. The van der Waals surface area contributed by atoms with Gasteiger partial charge >= 0.3 is 6.18 Å². The van der Waals surface area contributed by atoms with E-state index in [-0.39, 0.29) is 23.6 Å². The molecule has 2 heterocycles. The van der Waals surface area contributed by atoms with Crippen LogP contribution in [0.5, 0.6) is 5.88 Å². The first-order valence-electron chi connectivity index (χ1n) is 9.48. The number of alkyl halides is 3. The Balaban J connectivity index is 1.33. The molecule has 1 amide bonds. The number of nitrogens with zero attached hydrogens (tertiary/aromatic N) is 3. The fraction of sp³-hybridized carbons (Fsp3) is 0.333. The van der Waals surface area contributed by atoms with E-state index in [0.29, 0.717) is 5.69 Å². The molecule has 30 heavy (non-hydrogen) atoms. The van der Waals surface area contributed by atoms with Crippen LogP contribution in [0.15, 0.2) is 48.8 Å². The van der Waals surface area contributed by atoms with Gasteiger partial charge in [-0.1, -0.05) is 24.3 Å². The molecule has 1 aromatic carbocycles. The number of rotatable bonds is 6. The summed E-state index contributed by atoms with van der Waals surface area (Å²) in [4.78, 5) is 25.1. The SMILES string of the molecule is C[C@@H](NC(=O)[C@H]1C[C@@H]1c1ccc2ccccc2n1)c1cnc(OCC(F)(F)F)cn1. The molecule has 0 aliphatic heterocycles. The summed E-state index contributed by atoms with van der Waals surface area (Å²) in [5.74, 6) is -0.421. The lowest BCUT2D eigenvalue weighted by atomic mass is 10.1. The van der Waals surface area contributed by atoms with Crippen LogP contribution in [0.4, 0.5) is 13.2 Å². The third-order valence-corrected chi connectivity index (χ3v) is 4.96. The molecule has 1 aliphatic rings. The molecule has 0 saturated heterocycles. The highest BCUT2D eigenvalue weighted by molar-refractivity contribution is 5.84. The van der Waals surface area contributed by atoms with Gasteiger partial charge in [-0.2, -0.15) is 13.2 Å². The van der Waals surface area contributed by atoms with Crippen molar-refractivity contribution in [1.82, 2.24) is 20.3 Å². The van der Waals surface area contributed by atoms with Crippen molar-refractivity contribution in [2.45, 2.75) is 31.5 Å². The maximum atomic E-state index is 12.6. The standard InChI is InChI=1S/C21H19F3N4O2/c1-12(18-9-26-19(10-25-18)30-11-21(22,23)24)27-20(29)15-8-14(15)17-7-6-13-4-2-3-5-16(13)28-17/h2-7,9-10,12,14-15H,8,11H2,1H3,(H,27,29)/t12-,14+,15+/m1/s1. The molecule has 0 bridgehead atoms. The Labute approximate surface area is 170 Å². The summed E-state index contributed by atoms with van der Waals surface area (Å²) in [6, 6.07) is 11.3. The number of hydrogen-bond acceptors (Lipinski definition) is 5. The van der Waals surface area contributed by atoms with Crippen LogP contribution in [0.2, 0.25) is 0 Å². The summed E-state index contributed by atoms with van der Waals surface area (Å²) in [7, 11) is 0. The molecule has 1 fully saturated rings. The molecule has 0 spiro atoms. The number of halogens is 3. The van der Waals surface area contributed by atoms with E-state index < -0.39 is 18.8 Å². The second-order valence-electron chi connectivity index (χ2n) is 7.29. The van der Waals surface area contributed by atoms with E-state index in [1.807, 2.05) is 36.4 Å². The summed E-state index contributed by atoms with van der Waals surface area (Å²) in [6.45, 7) is 0.309. The molecule has 2 aromatic heterocycles. The third-order valence-electron chi connectivity index (χ3n) is 4.96. The van der Waals surface area contributed by atoms with Crippen LogP contribution in [-0.2, 0) is 4.79 Å². The predicted octanol–water partition coefficient (Wildman–Crippen LogP) is 3.95. The summed E-state index contributed by atoms with van der Waals surface area (Å²) in [6.07, 6.45) is -1.31. The second-order valence-corrected chi connectivity index (χ2v) is 7.29. The van der Waals surface area contributed by atoms with Crippen molar-refractivity contribution in [2.75, 3.05) is 6.61 Å². The van der Waals surface area contributed by atoms with Crippen molar-refractivity contribution < 1.29 is 22.7 Å². The number of carbonyl (C=O) groups excluding carboxylic acids is 1. The number of aromatic nitrogens is 3. The molecular formula is C21H19F3N4O2. The summed E-state index contributed by atoms with van der Waals surface area (Å²) in [5, 5.41) is 3.93. The van der Waals surface area contributed by atoms with E-state index in [1.165, 1.54) is 6.20 Å². The molecule has 6 nitrogen and oxygen atoms in total. The van der Waals surface area contributed by atoms with Crippen LogP contribution in [0.25, 0.3) is 10.9 Å². The number of benzene rings is 1. The van der Waals surface area contributed by atoms with E-state index in [2.05, 4.69) is 25.0 Å². The van der Waals surface area contributed by atoms with Gasteiger partial charge in [-0.25, -0.2) is 4.98 Å². The predicted molar refractivity (Wildman–Crippen MR) is 103 cm³/mol. The van der Waals surface area contributed by atoms with Crippen molar-refractivity contribution in [2.24, 2.45) is 5.92 Å². The molecule has 156 valence electrons. The van der Waals surface area contributed by atoms with Crippen LogP contribution in [0.1, 0.15) is 36.7 Å². The van der Waals surface area contributed by atoms with Gasteiger partial charge in [0.25, 0.3) is 0 Å². The van der Waals surface area contributed by atoms with Crippen molar-refractivity contribution in [3.63, 3.8) is 0 Å². The molecular weight excluding hydrogens is 397 g/mol. The topological polar surface area (TPSA) is 77.0 Å². The minimum atomic E-state index is -4.44. The zero-order chi connectivity index (χ0) is 21.3. The highest BCUT2D eigenvalue weighted by atomic mass is 19.4. The van der Waals surface area contributed by atoms with Gasteiger partial charge in [0, 0.05) is 22.9 Å². The monoisotopic (exact) mass is 416 g/mol. The Bertz CT molecular complexity index is 1060. The molecule has 0 radical (unpaired) electrons. The third kappa shape index (κ3) is 4.67. The normalized spacial score (nSPS) is 19.3. The number of fused-ring (bicyclic) bond motifs is 1. The molecule has 9 heteroatoms. The van der Waals surface area contributed by atoms with E-state index in [1.54, 1.807) is 6.92 Å². The number of carbonyl (C=O) groups is 1. The number of amides is 1. The fourth-order valence-corrected chi connectivity index (χ4v) is 3.27. The minimum absolute atomic E-state index is 0.0750. The summed E-state index contributed by atoms with van der Waals surface area (Å²) >= 11 is 0. The van der Waals surface area contributed by atoms with E-state index in [9.17, 15) is 18.0 Å². The van der Waals surface area contributed by atoms with Gasteiger partial charge in [-0.3, -0.25) is 14.8 Å². The average molecular weight is 416 g/mol. The first kappa shape index (κ1) is 20.1. The number of para-hydroxylation sites is 1.